The minimum Gasteiger partial charge on any atom is -0.309 e. The van der Waals surface area contributed by atoms with Crippen LogP contribution < -0.4 is 5.32 Å². The van der Waals surface area contributed by atoms with Gasteiger partial charge in [-0.3, -0.25) is 4.98 Å². The normalized spacial score (nSPS) is 12.4. The first-order valence-electron chi connectivity index (χ1n) is 6.96. The molecular formula is C16H26N2. The molecule has 2 heteroatoms. The fraction of sp³-hybridized carbons (Fsp3) is 0.562. The maximum absolute atomic E-state index is 4.62. The van der Waals surface area contributed by atoms with Gasteiger partial charge in [-0.25, -0.2) is 0 Å². The number of hydrogen-bond acceptors (Lipinski definition) is 2. The van der Waals surface area contributed by atoms with Crippen LogP contribution in [-0.2, 0) is 0 Å². The Balaban J connectivity index is 2.76. The van der Waals surface area contributed by atoms with Gasteiger partial charge in [0.1, 0.15) is 0 Å². The van der Waals surface area contributed by atoms with Gasteiger partial charge < -0.3 is 5.32 Å². The van der Waals surface area contributed by atoms with E-state index in [1.54, 1.807) is 0 Å². The molecule has 0 aliphatic heterocycles. The summed E-state index contributed by atoms with van der Waals surface area (Å²) in [7, 11) is 0. The van der Waals surface area contributed by atoms with Crippen LogP contribution in [0.1, 0.15) is 55.5 Å². The van der Waals surface area contributed by atoms with E-state index in [4.69, 9.17) is 0 Å². The van der Waals surface area contributed by atoms with Crippen LogP contribution in [0.5, 0.6) is 0 Å². The van der Waals surface area contributed by atoms with Crippen LogP contribution in [-0.4, -0.2) is 11.5 Å². The Morgan fingerprint density at radius 2 is 2.22 bits per heavy atom. The van der Waals surface area contributed by atoms with E-state index in [1.165, 1.54) is 23.2 Å². The van der Waals surface area contributed by atoms with Crippen molar-refractivity contribution in [2.45, 2.75) is 52.5 Å². The molecule has 0 amide bonds. The highest BCUT2D eigenvalue weighted by molar-refractivity contribution is 5.25. The summed E-state index contributed by atoms with van der Waals surface area (Å²) in [5.74, 6) is 0. The number of aryl methyl sites for hydroxylation is 2. The van der Waals surface area contributed by atoms with E-state index in [1.807, 2.05) is 12.3 Å². The predicted octanol–water partition coefficient (Wildman–Crippen LogP) is 4.10. The summed E-state index contributed by atoms with van der Waals surface area (Å²) in [6, 6.07) is 2.60. The first-order valence-corrected chi connectivity index (χ1v) is 6.96. The number of unbranched alkanes of at least 4 members (excludes halogenated alkanes) is 1. The zero-order valence-electron chi connectivity index (χ0n) is 12.0. The molecular weight excluding hydrogens is 220 g/mol. The Morgan fingerprint density at radius 3 is 2.83 bits per heavy atom. The van der Waals surface area contributed by atoms with E-state index in [9.17, 15) is 0 Å². The van der Waals surface area contributed by atoms with Crippen molar-refractivity contribution in [2.24, 2.45) is 0 Å². The summed E-state index contributed by atoms with van der Waals surface area (Å²) >= 11 is 0. The predicted molar refractivity (Wildman–Crippen MR) is 78.8 cm³/mol. The first kappa shape index (κ1) is 14.9. The van der Waals surface area contributed by atoms with E-state index in [0.29, 0.717) is 6.04 Å². The average molecular weight is 246 g/mol. The average Bonchev–Trinajstić information content (AvgIpc) is 2.34. The van der Waals surface area contributed by atoms with Gasteiger partial charge in [0.25, 0.3) is 0 Å². The lowest BCUT2D eigenvalue weighted by Gasteiger charge is -2.20. The van der Waals surface area contributed by atoms with Crippen molar-refractivity contribution >= 4 is 0 Å². The molecule has 0 fully saturated rings. The number of hydrogen-bond donors (Lipinski definition) is 1. The Bertz CT molecular complexity index is 371. The maximum atomic E-state index is 4.62. The van der Waals surface area contributed by atoms with Crippen LogP contribution in [0, 0.1) is 13.8 Å². The van der Waals surface area contributed by atoms with Gasteiger partial charge in [0, 0.05) is 12.2 Å². The second-order valence-electron chi connectivity index (χ2n) is 4.94. The van der Waals surface area contributed by atoms with Crippen LogP contribution in [0.2, 0.25) is 0 Å². The van der Waals surface area contributed by atoms with Gasteiger partial charge in [0.15, 0.2) is 0 Å². The molecule has 18 heavy (non-hydrogen) atoms. The van der Waals surface area contributed by atoms with Crippen molar-refractivity contribution in [3.63, 3.8) is 0 Å². The standard InChI is InChI=1S/C16H26N2/c1-5-7-8-9-15(17-10-6-2)16-14(4)11-13(3)12-18-16/h5,11-12,15,17H,1,6-10H2,2-4H3. The van der Waals surface area contributed by atoms with Gasteiger partial charge in [0.05, 0.1) is 5.69 Å². The van der Waals surface area contributed by atoms with Crippen molar-refractivity contribution in [1.29, 1.82) is 0 Å². The van der Waals surface area contributed by atoms with Gasteiger partial charge in [-0.15, -0.1) is 6.58 Å². The highest BCUT2D eigenvalue weighted by Gasteiger charge is 2.13. The fourth-order valence-electron chi connectivity index (χ4n) is 2.21. The number of nitrogens with zero attached hydrogens (tertiary/aromatic N) is 1. The molecule has 2 nitrogen and oxygen atoms in total. The minimum absolute atomic E-state index is 0.380. The van der Waals surface area contributed by atoms with E-state index >= 15 is 0 Å². The Hall–Kier alpha value is -1.15. The molecule has 0 spiro atoms. The minimum atomic E-state index is 0.380. The molecule has 0 saturated heterocycles. The topological polar surface area (TPSA) is 24.9 Å². The Kier molecular flexibility index (Phi) is 6.66. The third kappa shape index (κ3) is 4.61. The quantitative estimate of drug-likeness (QED) is 0.552. The van der Waals surface area contributed by atoms with Crippen LogP contribution in [0.15, 0.2) is 24.9 Å². The zero-order valence-corrected chi connectivity index (χ0v) is 12.0. The van der Waals surface area contributed by atoms with Gasteiger partial charge in [-0.1, -0.05) is 19.1 Å². The van der Waals surface area contributed by atoms with Gasteiger partial charge in [0.2, 0.25) is 0 Å². The number of allylic oxidation sites excluding steroid dienone is 1. The van der Waals surface area contributed by atoms with Crippen molar-refractivity contribution in [3.8, 4) is 0 Å². The van der Waals surface area contributed by atoms with Crippen LogP contribution >= 0.6 is 0 Å². The lowest BCUT2D eigenvalue weighted by Crippen LogP contribution is -2.24. The van der Waals surface area contributed by atoms with Crippen LogP contribution in [0.25, 0.3) is 0 Å². The lowest BCUT2D eigenvalue weighted by molar-refractivity contribution is 0.474. The SMILES string of the molecule is C=CCCCC(NCCC)c1ncc(C)cc1C. The highest BCUT2D eigenvalue weighted by Crippen LogP contribution is 2.21. The molecule has 1 heterocycles. The van der Waals surface area contributed by atoms with Gasteiger partial charge >= 0.3 is 0 Å². The monoisotopic (exact) mass is 246 g/mol. The molecule has 1 unspecified atom stereocenters. The molecule has 0 saturated carbocycles. The van der Waals surface area contributed by atoms with Gasteiger partial charge in [-0.2, -0.15) is 0 Å². The molecule has 100 valence electrons. The number of pyridine rings is 1. The molecule has 0 aliphatic rings. The number of nitrogens with one attached hydrogen (secondary N) is 1. The molecule has 1 atom stereocenters. The molecule has 0 aliphatic carbocycles. The fourth-order valence-corrected chi connectivity index (χ4v) is 2.21. The van der Waals surface area contributed by atoms with Crippen LogP contribution in [0.4, 0.5) is 0 Å². The van der Waals surface area contributed by atoms with Crippen molar-refractivity contribution in [2.75, 3.05) is 6.54 Å². The number of aromatic nitrogens is 1. The largest absolute Gasteiger partial charge is 0.309 e. The third-order valence-corrected chi connectivity index (χ3v) is 3.13. The molecule has 0 bridgehead atoms. The smallest absolute Gasteiger partial charge is 0.0602 e. The summed E-state index contributed by atoms with van der Waals surface area (Å²) in [4.78, 5) is 4.62. The first-order chi connectivity index (χ1) is 8.69. The molecule has 1 N–H and O–H groups in total. The van der Waals surface area contributed by atoms with Gasteiger partial charge in [-0.05, 0) is 57.2 Å². The zero-order chi connectivity index (χ0) is 13.4. The van der Waals surface area contributed by atoms with Crippen molar-refractivity contribution in [3.05, 3.63) is 41.7 Å². The van der Waals surface area contributed by atoms with E-state index in [-0.39, 0.29) is 0 Å². The summed E-state index contributed by atoms with van der Waals surface area (Å²) in [6.07, 6.45) is 8.49. The third-order valence-electron chi connectivity index (χ3n) is 3.13. The van der Waals surface area contributed by atoms with Crippen molar-refractivity contribution < 1.29 is 0 Å². The molecule has 1 rings (SSSR count). The second kappa shape index (κ2) is 8.04. The lowest BCUT2D eigenvalue weighted by atomic mass is 10.0. The summed E-state index contributed by atoms with van der Waals surface area (Å²) in [5.41, 5.74) is 3.73. The second-order valence-corrected chi connectivity index (χ2v) is 4.94. The summed E-state index contributed by atoms with van der Waals surface area (Å²) in [6.45, 7) is 11.3. The van der Waals surface area contributed by atoms with Crippen molar-refractivity contribution in [1.82, 2.24) is 10.3 Å². The molecule has 1 aromatic heterocycles. The molecule has 1 aromatic rings. The van der Waals surface area contributed by atoms with E-state index in [0.717, 1.165) is 25.8 Å². The van der Waals surface area contributed by atoms with E-state index in [2.05, 4.69) is 43.7 Å². The Labute approximate surface area is 112 Å². The Morgan fingerprint density at radius 1 is 1.44 bits per heavy atom. The van der Waals surface area contributed by atoms with E-state index < -0.39 is 0 Å². The number of rotatable bonds is 8. The highest BCUT2D eigenvalue weighted by atomic mass is 14.9. The summed E-state index contributed by atoms with van der Waals surface area (Å²) < 4.78 is 0. The molecule has 0 radical (unpaired) electrons. The summed E-state index contributed by atoms with van der Waals surface area (Å²) in [5, 5.41) is 3.61. The maximum Gasteiger partial charge on any atom is 0.0602 e. The molecule has 0 aromatic carbocycles. The van der Waals surface area contributed by atoms with Crippen LogP contribution in [0.3, 0.4) is 0 Å².